The van der Waals surface area contributed by atoms with Crippen molar-refractivity contribution < 1.29 is 0 Å². The molecule has 1 aromatic heterocycles. The van der Waals surface area contributed by atoms with Crippen molar-refractivity contribution >= 4 is 32.6 Å². The van der Waals surface area contributed by atoms with Gasteiger partial charge in [0.05, 0.1) is 0 Å². The van der Waals surface area contributed by atoms with Gasteiger partial charge < -0.3 is 4.90 Å². The highest BCUT2D eigenvalue weighted by Crippen LogP contribution is 2.17. The van der Waals surface area contributed by atoms with Gasteiger partial charge in [0.25, 0.3) is 0 Å². The molecule has 0 aliphatic carbocycles. The van der Waals surface area contributed by atoms with Gasteiger partial charge in [0.15, 0.2) is 0 Å². The average Bonchev–Trinajstić information content (AvgIpc) is 2.63. The van der Waals surface area contributed by atoms with Crippen LogP contribution in [0.3, 0.4) is 0 Å². The molecule has 0 aliphatic rings. The van der Waals surface area contributed by atoms with Crippen LogP contribution in [0.5, 0.6) is 0 Å². The largest absolute Gasteiger partial charge is 0.350 e. The van der Waals surface area contributed by atoms with Crippen molar-refractivity contribution in [3.63, 3.8) is 0 Å². The van der Waals surface area contributed by atoms with Crippen LogP contribution in [0, 0.1) is 0 Å². The topological polar surface area (TPSA) is 29.0 Å². The van der Waals surface area contributed by atoms with Crippen LogP contribution in [0.2, 0.25) is 0 Å². The summed E-state index contributed by atoms with van der Waals surface area (Å²) in [6, 6.07) is 0. The van der Waals surface area contributed by atoms with Gasteiger partial charge in [-0.3, -0.25) is 0 Å². The van der Waals surface area contributed by atoms with Gasteiger partial charge in [0.2, 0.25) is 5.13 Å². The van der Waals surface area contributed by atoms with Crippen LogP contribution < -0.4 is 4.90 Å². The fourth-order valence-corrected chi connectivity index (χ4v) is 2.09. The van der Waals surface area contributed by atoms with E-state index < -0.39 is 0 Å². The van der Waals surface area contributed by atoms with Gasteiger partial charge in [-0.1, -0.05) is 29.8 Å². The lowest BCUT2D eigenvalue weighted by molar-refractivity contribution is 0.779. The smallest absolute Gasteiger partial charge is 0.204 e. The van der Waals surface area contributed by atoms with Crippen LogP contribution in [-0.4, -0.2) is 27.8 Å². The fourth-order valence-electron chi connectivity index (χ4n) is 1.19. The Hall–Kier alpha value is -0.160. The number of alkyl halides is 1. The van der Waals surface area contributed by atoms with Gasteiger partial charge in [-0.2, -0.15) is 4.37 Å². The summed E-state index contributed by atoms with van der Waals surface area (Å²) in [5, 5.41) is 1.03. The molecule has 1 heterocycles. The Bertz CT molecular complexity index is 288. The molecule has 1 atom stereocenters. The number of aromatic nitrogens is 2. The Balaban J connectivity index is 2.46. The number of rotatable bonds is 6. The van der Waals surface area contributed by atoms with Crippen LogP contribution in [-0.2, 0) is 6.42 Å². The van der Waals surface area contributed by atoms with E-state index in [1.165, 1.54) is 11.5 Å². The lowest BCUT2D eigenvalue weighted by Gasteiger charge is -2.15. The minimum atomic E-state index is 0.558. The SMILES string of the molecule is CCCc1nsc(N(C)CCC(C)Br)n1. The Morgan fingerprint density at radius 3 is 2.87 bits per heavy atom. The van der Waals surface area contributed by atoms with Crippen molar-refractivity contribution in [2.75, 3.05) is 18.5 Å². The molecule has 0 radical (unpaired) electrons. The monoisotopic (exact) mass is 291 g/mol. The predicted molar refractivity (Wildman–Crippen MR) is 70.2 cm³/mol. The Morgan fingerprint density at radius 2 is 2.27 bits per heavy atom. The lowest BCUT2D eigenvalue weighted by atomic mass is 10.3. The number of aryl methyl sites for hydroxylation is 1. The minimum absolute atomic E-state index is 0.558. The summed E-state index contributed by atoms with van der Waals surface area (Å²) < 4.78 is 4.33. The molecule has 15 heavy (non-hydrogen) atoms. The molecule has 3 nitrogen and oxygen atoms in total. The second-order valence-electron chi connectivity index (χ2n) is 3.73. The molecule has 0 fully saturated rings. The third kappa shape index (κ3) is 4.47. The van der Waals surface area contributed by atoms with Gasteiger partial charge in [-0.05, 0) is 12.8 Å². The summed E-state index contributed by atoms with van der Waals surface area (Å²) >= 11 is 5.04. The summed E-state index contributed by atoms with van der Waals surface area (Å²) in [5.41, 5.74) is 0. The van der Waals surface area contributed by atoms with Gasteiger partial charge in [0.1, 0.15) is 5.82 Å². The number of anilines is 1. The minimum Gasteiger partial charge on any atom is -0.350 e. The second-order valence-corrected chi connectivity index (χ2v) is 6.03. The van der Waals surface area contributed by atoms with Gasteiger partial charge in [-0.15, -0.1) is 0 Å². The zero-order chi connectivity index (χ0) is 11.3. The van der Waals surface area contributed by atoms with Crippen molar-refractivity contribution in [2.45, 2.75) is 37.9 Å². The van der Waals surface area contributed by atoms with E-state index in [9.17, 15) is 0 Å². The van der Waals surface area contributed by atoms with Crippen molar-refractivity contribution in [3.8, 4) is 0 Å². The number of halogens is 1. The fraction of sp³-hybridized carbons (Fsp3) is 0.800. The molecule has 0 saturated carbocycles. The third-order valence-corrected chi connectivity index (χ3v) is 3.45. The molecule has 0 bridgehead atoms. The van der Waals surface area contributed by atoms with E-state index in [0.717, 1.165) is 36.8 Å². The van der Waals surface area contributed by atoms with Gasteiger partial charge >= 0.3 is 0 Å². The van der Waals surface area contributed by atoms with E-state index in [2.05, 4.69) is 51.1 Å². The number of hydrogen-bond acceptors (Lipinski definition) is 4. The number of hydrogen-bond donors (Lipinski definition) is 0. The summed E-state index contributed by atoms with van der Waals surface area (Å²) in [4.78, 5) is 7.23. The summed E-state index contributed by atoms with van der Waals surface area (Å²) in [6.45, 7) is 5.33. The van der Waals surface area contributed by atoms with Crippen LogP contribution in [0.25, 0.3) is 0 Å². The molecule has 86 valence electrons. The van der Waals surface area contributed by atoms with E-state index in [4.69, 9.17) is 0 Å². The van der Waals surface area contributed by atoms with Crippen LogP contribution >= 0.6 is 27.5 Å². The van der Waals surface area contributed by atoms with E-state index >= 15 is 0 Å². The van der Waals surface area contributed by atoms with Crippen LogP contribution in [0.15, 0.2) is 0 Å². The Labute approximate surface area is 104 Å². The van der Waals surface area contributed by atoms with E-state index in [1.54, 1.807) is 0 Å². The maximum Gasteiger partial charge on any atom is 0.204 e. The molecule has 1 rings (SSSR count). The molecule has 0 N–H and O–H groups in total. The molecular formula is C10H18BrN3S. The normalized spacial score (nSPS) is 12.8. The first kappa shape index (κ1) is 12.9. The molecule has 1 unspecified atom stereocenters. The summed E-state index contributed by atoms with van der Waals surface area (Å²) in [5.74, 6) is 0.983. The molecule has 0 spiro atoms. The van der Waals surface area contributed by atoms with Gasteiger partial charge in [0, 0.05) is 36.4 Å². The van der Waals surface area contributed by atoms with E-state index in [1.807, 2.05) is 0 Å². The maximum absolute atomic E-state index is 4.50. The average molecular weight is 292 g/mol. The highest BCUT2D eigenvalue weighted by atomic mass is 79.9. The molecule has 5 heteroatoms. The first-order chi connectivity index (χ1) is 7.13. The first-order valence-electron chi connectivity index (χ1n) is 5.31. The second kappa shape index (κ2) is 6.43. The van der Waals surface area contributed by atoms with Crippen LogP contribution in [0.1, 0.15) is 32.5 Å². The van der Waals surface area contributed by atoms with Crippen LogP contribution in [0.4, 0.5) is 5.13 Å². The molecular weight excluding hydrogens is 274 g/mol. The standard InChI is InChI=1S/C10H18BrN3S/c1-4-5-9-12-10(15-13-9)14(3)7-6-8(2)11/h8H,4-7H2,1-3H3. The molecule has 0 amide bonds. The first-order valence-corrected chi connectivity index (χ1v) is 7.00. The van der Waals surface area contributed by atoms with Gasteiger partial charge in [-0.25, -0.2) is 4.98 Å². The van der Waals surface area contributed by atoms with Crippen molar-refractivity contribution in [1.29, 1.82) is 0 Å². The van der Waals surface area contributed by atoms with E-state index in [0.29, 0.717) is 4.83 Å². The maximum atomic E-state index is 4.50. The predicted octanol–water partition coefficient (Wildman–Crippen LogP) is 3.10. The zero-order valence-electron chi connectivity index (χ0n) is 9.53. The quantitative estimate of drug-likeness (QED) is 0.754. The molecule has 0 saturated heterocycles. The Morgan fingerprint density at radius 1 is 1.53 bits per heavy atom. The van der Waals surface area contributed by atoms with Crippen molar-refractivity contribution in [3.05, 3.63) is 5.82 Å². The molecule has 1 aromatic rings. The number of nitrogens with zero attached hydrogens (tertiary/aromatic N) is 3. The summed E-state index contributed by atoms with van der Waals surface area (Å²) in [6.07, 6.45) is 3.22. The zero-order valence-corrected chi connectivity index (χ0v) is 11.9. The summed E-state index contributed by atoms with van der Waals surface area (Å²) in [7, 11) is 2.08. The lowest BCUT2D eigenvalue weighted by Crippen LogP contribution is -2.20. The van der Waals surface area contributed by atoms with Crippen molar-refractivity contribution in [2.24, 2.45) is 0 Å². The van der Waals surface area contributed by atoms with Crippen molar-refractivity contribution in [1.82, 2.24) is 9.36 Å². The molecule has 0 aromatic carbocycles. The molecule has 0 aliphatic heterocycles. The van der Waals surface area contributed by atoms with E-state index in [-0.39, 0.29) is 0 Å². The third-order valence-electron chi connectivity index (χ3n) is 2.12. The Kier molecular flexibility index (Phi) is 5.53. The highest BCUT2D eigenvalue weighted by molar-refractivity contribution is 9.09. The highest BCUT2D eigenvalue weighted by Gasteiger charge is 2.08.